The van der Waals surface area contributed by atoms with E-state index < -0.39 is 0 Å². The fourth-order valence-electron chi connectivity index (χ4n) is 4.46. The van der Waals surface area contributed by atoms with Gasteiger partial charge in [-0.3, -0.25) is 4.79 Å². The van der Waals surface area contributed by atoms with Crippen LogP contribution in [-0.4, -0.2) is 56.2 Å². The van der Waals surface area contributed by atoms with Crippen molar-refractivity contribution in [1.82, 2.24) is 15.5 Å². The van der Waals surface area contributed by atoms with Gasteiger partial charge in [-0.15, -0.1) is 35.3 Å². The average molecular weight is 535 g/mol. The minimum absolute atomic E-state index is 0. The molecule has 2 atom stereocenters. The van der Waals surface area contributed by atoms with Crippen LogP contribution >= 0.6 is 35.3 Å². The number of carbonyl (C=O) groups is 1. The van der Waals surface area contributed by atoms with E-state index in [2.05, 4.69) is 40.1 Å². The Morgan fingerprint density at radius 3 is 2.72 bits per heavy atom. The summed E-state index contributed by atoms with van der Waals surface area (Å²) in [6.45, 7) is 3.73. The molecule has 3 rings (SSSR count). The van der Waals surface area contributed by atoms with E-state index in [4.69, 9.17) is 4.74 Å². The van der Waals surface area contributed by atoms with Gasteiger partial charge in [0.2, 0.25) is 5.91 Å². The summed E-state index contributed by atoms with van der Waals surface area (Å²) in [5, 5.41) is 9.15. The summed E-state index contributed by atoms with van der Waals surface area (Å²) in [5.41, 5.74) is 0.213. The first-order valence-corrected chi connectivity index (χ1v) is 11.3. The smallest absolute Gasteiger partial charge is 0.243 e. The molecule has 2 unspecified atom stereocenters. The minimum atomic E-state index is 0. The molecule has 8 heteroatoms. The van der Waals surface area contributed by atoms with E-state index in [-0.39, 0.29) is 41.8 Å². The average Bonchev–Trinajstić information content (AvgIpc) is 3.22. The number of rotatable bonds is 7. The number of hydrogen-bond acceptors (Lipinski definition) is 4. The molecule has 164 valence electrons. The normalized spacial score (nSPS) is 23.1. The maximum Gasteiger partial charge on any atom is 0.243 e. The summed E-state index contributed by atoms with van der Waals surface area (Å²) in [5.74, 6) is 0.735. The Morgan fingerprint density at radius 1 is 1.34 bits per heavy atom. The molecular formula is C21H35IN4O2S. The Kier molecular flexibility index (Phi) is 9.68. The number of guanidine groups is 1. The Balaban J connectivity index is 0.00000300. The van der Waals surface area contributed by atoms with Crippen LogP contribution in [0.15, 0.2) is 22.5 Å². The van der Waals surface area contributed by atoms with Crippen LogP contribution in [0.2, 0.25) is 0 Å². The van der Waals surface area contributed by atoms with Crippen LogP contribution in [-0.2, 0) is 16.1 Å². The second kappa shape index (κ2) is 11.5. The molecule has 29 heavy (non-hydrogen) atoms. The molecule has 1 spiro atoms. The molecule has 1 amide bonds. The van der Waals surface area contributed by atoms with Gasteiger partial charge in [0, 0.05) is 37.0 Å². The predicted octanol–water partition coefficient (Wildman–Crippen LogP) is 3.62. The zero-order chi connectivity index (χ0) is 20.0. The Labute approximate surface area is 195 Å². The molecule has 2 fully saturated rings. The lowest BCUT2D eigenvalue weighted by atomic mass is 9.55. The van der Waals surface area contributed by atoms with Gasteiger partial charge in [-0.2, -0.15) is 0 Å². The zero-order valence-electron chi connectivity index (χ0n) is 17.8. The lowest BCUT2D eigenvalue weighted by molar-refractivity contribution is -0.145. The summed E-state index contributed by atoms with van der Waals surface area (Å²) in [7, 11) is 3.53. The molecule has 0 aliphatic heterocycles. The number of carbonyl (C=O) groups excluding carboxylic acids is 1. The fourth-order valence-corrected chi connectivity index (χ4v) is 5.10. The number of amides is 1. The maximum absolute atomic E-state index is 12.0. The second-order valence-corrected chi connectivity index (χ2v) is 9.09. The highest BCUT2D eigenvalue weighted by Crippen LogP contribution is 2.53. The van der Waals surface area contributed by atoms with Crippen molar-refractivity contribution in [2.24, 2.45) is 10.4 Å². The first-order chi connectivity index (χ1) is 13.5. The van der Waals surface area contributed by atoms with Crippen molar-refractivity contribution >= 4 is 47.2 Å². The Morgan fingerprint density at radius 2 is 2.10 bits per heavy atom. The maximum atomic E-state index is 12.0. The minimum Gasteiger partial charge on any atom is -0.378 e. The van der Waals surface area contributed by atoms with Crippen LogP contribution < -0.4 is 10.6 Å². The number of ether oxygens (including phenoxy) is 1. The van der Waals surface area contributed by atoms with Gasteiger partial charge in [0.05, 0.1) is 12.6 Å². The van der Waals surface area contributed by atoms with Gasteiger partial charge >= 0.3 is 0 Å². The van der Waals surface area contributed by atoms with Gasteiger partial charge in [-0.05, 0) is 37.6 Å². The van der Waals surface area contributed by atoms with Crippen LogP contribution in [0, 0.1) is 5.41 Å². The van der Waals surface area contributed by atoms with E-state index in [9.17, 15) is 4.79 Å². The second-order valence-electron chi connectivity index (χ2n) is 8.06. The number of nitrogens with zero attached hydrogens (tertiary/aromatic N) is 2. The molecule has 0 aromatic carbocycles. The fraction of sp³-hybridized carbons (Fsp3) is 0.714. The predicted molar refractivity (Wildman–Crippen MR) is 130 cm³/mol. The quantitative estimate of drug-likeness (QED) is 0.319. The van der Waals surface area contributed by atoms with Gasteiger partial charge in [0.15, 0.2) is 5.96 Å². The van der Waals surface area contributed by atoms with Gasteiger partial charge in [-0.1, -0.05) is 25.3 Å². The Bertz CT molecular complexity index is 660. The van der Waals surface area contributed by atoms with E-state index in [0.29, 0.717) is 18.7 Å². The van der Waals surface area contributed by atoms with Crippen LogP contribution in [0.25, 0.3) is 0 Å². The standard InChI is InChI=1S/C21H34N4O2S.HI/c1-4-27-18-13-17(21(18)10-6-5-7-11-21)24-20(23-15-19(26)25(2)3)22-14-16-9-8-12-28-16;/h8-9,12,17-18H,4-7,10-11,13-15H2,1-3H3,(H2,22,23,24);1H. The van der Waals surface area contributed by atoms with E-state index in [1.807, 2.05) is 0 Å². The van der Waals surface area contributed by atoms with Crippen LogP contribution in [0.3, 0.4) is 0 Å². The molecule has 0 bridgehead atoms. The van der Waals surface area contributed by atoms with Crippen molar-refractivity contribution in [3.63, 3.8) is 0 Å². The van der Waals surface area contributed by atoms with Gasteiger partial charge in [-0.25, -0.2) is 4.99 Å². The van der Waals surface area contributed by atoms with Crippen LogP contribution in [0.5, 0.6) is 0 Å². The lowest BCUT2D eigenvalue weighted by Crippen LogP contribution is -2.66. The van der Waals surface area contributed by atoms with Gasteiger partial charge in [0.25, 0.3) is 0 Å². The SMILES string of the molecule is CCOC1CC(NC(=NCC(=O)N(C)C)NCc2cccs2)C12CCCCC2.I. The van der Waals surface area contributed by atoms with Gasteiger partial charge in [0.1, 0.15) is 6.54 Å². The molecule has 1 aromatic heterocycles. The third kappa shape index (κ3) is 6.07. The number of hydrogen-bond donors (Lipinski definition) is 2. The van der Waals surface area contributed by atoms with Crippen LogP contribution in [0.4, 0.5) is 0 Å². The van der Waals surface area contributed by atoms with Crippen molar-refractivity contribution in [3.8, 4) is 0 Å². The highest BCUT2D eigenvalue weighted by molar-refractivity contribution is 14.0. The first-order valence-electron chi connectivity index (χ1n) is 10.4. The Hall–Kier alpha value is -0.870. The molecule has 0 saturated heterocycles. The number of aliphatic imine (C=N–C) groups is 1. The van der Waals surface area contributed by atoms with E-state index in [1.165, 1.54) is 37.0 Å². The molecule has 2 aliphatic carbocycles. The summed E-state index contributed by atoms with van der Waals surface area (Å²) in [6, 6.07) is 4.52. The summed E-state index contributed by atoms with van der Waals surface area (Å²) < 4.78 is 6.07. The summed E-state index contributed by atoms with van der Waals surface area (Å²) in [6.07, 6.45) is 7.65. The summed E-state index contributed by atoms with van der Waals surface area (Å²) in [4.78, 5) is 19.4. The lowest BCUT2D eigenvalue weighted by Gasteiger charge is -2.58. The largest absolute Gasteiger partial charge is 0.378 e. The van der Waals surface area contributed by atoms with E-state index in [0.717, 1.165) is 19.0 Å². The van der Waals surface area contributed by atoms with Crippen molar-refractivity contribution in [3.05, 3.63) is 22.4 Å². The van der Waals surface area contributed by atoms with Crippen molar-refractivity contribution < 1.29 is 9.53 Å². The number of nitrogens with one attached hydrogen (secondary N) is 2. The van der Waals surface area contributed by atoms with Crippen molar-refractivity contribution in [2.75, 3.05) is 27.2 Å². The highest BCUT2D eigenvalue weighted by atomic mass is 127. The van der Waals surface area contributed by atoms with Crippen LogP contribution in [0.1, 0.15) is 50.3 Å². The molecule has 2 aliphatic rings. The monoisotopic (exact) mass is 534 g/mol. The highest BCUT2D eigenvalue weighted by Gasteiger charge is 2.55. The van der Waals surface area contributed by atoms with Crippen molar-refractivity contribution in [1.29, 1.82) is 0 Å². The number of likely N-dealkylation sites (N-methyl/N-ethyl adjacent to an activating group) is 1. The molecule has 0 radical (unpaired) electrons. The summed E-state index contributed by atoms with van der Waals surface area (Å²) >= 11 is 1.72. The third-order valence-electron chi connectivity index (χ3n) is 6.13. The zero-order valence-corrected chi connectivity index (χ0v) is 20.9. The molecular weight excluding hydrogens is 499 g/mol. The van der Waals surface area contributed by atoms with Gasteiger partial charge < -0.3 is 20.3 Å². The molecule has 6 nitrogen and oxygen atoms in total. The molecule has 1 aromatic rings. The first kappa shape index (κ1) is 24.4. The topological polar surface area (TPSA) is 66.0 Å². The molecule has 2 N–H and O–H groups in total. The number of halogens is 1. The van der Waals surface area contributed by atoms with Crippen molar-refractivity contribution in [2.45, 2.75) is 64.1 Å². The van der Waals surface area contributed by atoms with E-state index in [1.54, 1.807) is 30.3 Å². The molecule has 2 saturated carbocycles. The number of thiophene rings is 1. The van der Waals surface area contributed by atoms with E-state index >= 15 is 0 Å². The third-order valence-corrected chi connectivity index (χ3v) is 7.01. The molecule has 1 heterocycles.